The van der Waals surface area contributed by atoms with Gasteiger partial charge < -0.3 is 24.7 Å². The minimum absolute atomic E-state index is 0.228. The van der Waals surface area contributed by atoms with Gasteiger partial charge in [0.25, 0.3) is 5.56 Å². The van der Waals surface area contributed by atoms with Gasteiger partial charge in [0.1, 0.15) is 24.9 Å². The van der Waals surface area contributed by atoms with Gasteiger partial charge in [-0.1, -0.05) is 5.92 Å². The normalized spacial score (nSPS) is 25.0. The summed E-state index contributed by atoms with van der Waals surface area (Å²) in [6.07, 6.45) is 7.93. The second-order valence-electron chi connectivity index (χ2n) is 7.75. The third-order valence-electron chi connectivity index (χ3n) is 5.25. The molecule has 0 aliphatic carbocycles. The number of nitrogens with zero attached hydrogens (tertiary/aromatic N) is 3. The lowest BCUT2D eigenvalue weighted by molar-refractivity contribution is -0.0682. The summed E-state index contributed by atoms with van der Waals surface area (Å²) in [6.45, 7) is 0.881. The van der Waals surface area contributed by atoms with Gasteiger partial charge in [-0.2, -0.15) is 4.98 Å². The molecule has 0 aromatic carbocycles. The lowest BCUT2D eigenvalue weighted by Crippen LogP contribution is -2.37. The van der Waals surface area contributed by atoms with Gasteiger partial charge in [-0.25, -0.2) is 18.8 Å². The van der Waals surface area contributed by atoms with Crippen LogP contribution in [0.25, 0.3) is 0 Å². The number of anilines is 1. The lowest BCUT2D eigenvalue weighted by Gasteiger charge is -2.24. The number of aromatic amines is 1. The number of hydrogen-bond acceptors (Lipinski definition) is 11. The van der Waals surface area contributed by atoms with E-state index in [0.29, 0.717) is 5.56 Å². The van der Waals surface area contributed by atoms with Crippen LogP contribution in [0.4, 0.5) is 15.0 Å². The van der Waals surface area contributed by atoms with Crippen LogP contribution in [-0.4, -0.2) is 55.3 Å². The summed E-state index contributed by atoms with van der Waals surface area (Å²) < 4.78 is 37.2. The van der Waals surface area contributed by atoms with Gasteiger partial charge in [-0.05, 0) is 19.1 Å². The number of carbonyl (C=O) groups is 1. The fourth-order valence-corrected chi connectivity index (χ4v) is 4.34. The topological polar surface area (TPSA) is 170 Å². The van der Waals surface area contributed by atoms with Crippen molar-refractivity contribution in [3.63, 3.8) is 0 Å². The summed E-state index contributed by atoms with van der Waals surface area (Å²) in [4.78, 5) is 53.3. The Morgan fingerprint density at radius 3 is 2.92 bits per heavy atom. The average Bonchev–Trinajstić information content (AvgIpc) is 3.49. The molecule has 3 N–H and O–H groups in total. The molecule has 2 aromatic rings. The minimum atomic E-state index is -1.47. The van der Waals surface area contributed by atoms with Gasteiger partial charge in [0.2, 0.25) is 0 Å². The molecule has 1 fully saturated rings. The van der Waals surface area contributed by atoms with E-state index in [-0.39, 0.29) is 12.4 Å². The van der Waals surface area contributed by atoms with Gasteiger partial charge in [0.05, 0.1) is 6.20 Å². The van der Waals surface area contributed by atoms with Crippen LogP contribution in [0.5, 0.6) is 0 Å². The number of nitrogens with two attached hydrogens (primary N) is 1. The molecule has 0 bridgehead atoms. The molecular formula is C21H20FN5O8S. The second kappa shape index (κ2) is 10.0. The van der Waals surface area contributed by atoms with Gasteiger partial charge in [0, 0.05) is 17.5 Å². The number of nitrogen functional groups attached to an aromatic ring is 1. The highest BCUT2D eigenvalue weighted by molar-refractivity contribution is 8.00. The number of rotatable bonds is 6. The molecule has 13 nitrogen and oxygen atoms in total. The van der Waals surface area contributed by atoms with E-state index in [2.05, 4.69) is 15.9 Å². The second-order valence-corrected chi connectivity index (χ2v) is 8.94. The van der Waals surface area contributed by atoms with Crippen molar-refractivity contribution in [2.75, 3.05) is 24.7 Å². The molecule has 4 atom stereocenters. The number of carbonyl (C=O) groups excluding carboxylic acids is 1. The van der Waals surface area contributed by atoms with E-state index in [9.17, 15) is 23.6 Å². The van der Waals surface area contributed by atoms with E-state index < -0.39 is 64.8 Å². The monoisotopic (exact) mass is 521 g/mol. The Bertz CT molecular complexity index is 1430. The Balaban J connectivity index is 1.28. The smallest absolute Gasteiger partial charge is 0.431 e. The van der Waals surface area contributed by atoms with Gasteiger partial charge in [-0.3, -0.25) is 18.9 Å². The highest BCUT2D eigenvalue weighted by atomic mass is 32.2. The first-order chi connectivity index (χ1) is 17.1. The molecule has 190 valence electrons. The third kappa shape index (κ3) is 5.20. The van der Waals surface area contributed by atoms with Crippen molar-refractivity contribution in [1.29, 1.82) is 0 Å². The van der Waals surface area contributed by atoms with E-state index in [1.807, 2.05) is 0 Å². The molecule has 15 heteroatoms. The Hall–Kier alpha value is -3.87. The fraction of sp³-hybridized carbons (Fsp3) is 0.381. The van der Waals surface area contributed by atoms with Crippen LogP contribution >= 0.6 is 11.8 Å². The van der Waals surface area contributed by atoms with Crippen molar-refractivity contribution >= 4 is 23.7 Å². The summed E-state index contributed by atoms with van der Waals surface area (Å²) in [5.41, 5.74) is 1.46. The summed E-state index contributed by atoms with van der Waals surface area (Å²) in [5.74, 6) is 1.28. The van der Waals surface area contributed by atoms with Crippen LogP contribution in [0.15, 0.2) is 38.9 Å². The van der Waals surface area contributed by atoms with Crippen LogP contribution in [0.1, 0.15) is 18.0 Å². The van der Waals surface area contributed by atoms with Crippen molar-refractivity contribution in [3.8, 4) is 12.3 Å². The Morgan fingerprint density at radius 1 is 1.39 bits per heavy atom. The predicted molar refractivity (Wildman–Crippen MR) is 123 cm³/mol. The Morgan fingerprint density at radius 2 is 2.17 bits per heavy atom. The summed E-state index contributed by atoms with van der Waals surface area (Å²) >= 11 is 1.23. The molecule has 4 rings (SSSR count). The number of nitrogens with one attached hydrogen (secondary N) is 1. The number of H-pyrrole nitrogens is 1. The zero-order chi connectivity index (χ0) is 26.0. The van der Waals surface area contributed by atoms with Crippen LogP contribution in [0.3, 0.4) is 0 Å². The van der Waals surface area contributed by atoms with E-state index in [1.54, 1.807) is 0 Å². The predicted octanol–water partition coefficient (Wildman–Crippen LogP) is 0.0215. The molecule has 1 saturated heterocycles. The number of thioether (sulfide) groups is 1. The van der Waals surface area contributed by atoms with E-state index in [4.69, 9.17) is 31.1 Å². The number of aryl methyl sites for hydroxylation is 1. The van der Waals surface area contributed by atoms with Crippen molar-refractivity contribution in [1.82, 2.24) is 19.1 Å². The first-order valence-electron chi connectivity index (χ1n) is 10.4. The zero-order valence-corrected chi connectivity index (χ0v) is 19.5. The molecule has 2 aromatic heterocycles. The third-order valence-corrected chi connectivity index (χ3v) is 6.34. The standard InChI is InChI=1S/C21H20FN5O8S/c1-3-21(5-4-13(35-21)26-6-11(2)17(28)25-19(26)30)10-33-20(31)32-8-15-34-14(9-36-15)27-7-12(22)16(23)24-18(27)29/h1,4-7,13-15H,8-10H2,2H3,(H2,23,24,29)(H,25,28,30)/t13-,14+,15-,21+/m1/s1. The molecule has 0 radical (unpaired) electrons. The van der Waals surface area contributed by atoms with Crippen LogP contribution in [0, 0.1) is 25.1 Å². The first-order valence-corrected chi connectivity index (χ1v) is 11.4. The minimum Gasteiger partial charge on any atom is -0.431 e. The molecule has 0 amide bonds. The SMILES string of the molecule is C#C[C@@]1(COC(=O)OC[C@@H]2O[C@H](n3cc(F)c(N)nc3=O)CS2)C=C[C@H](n2cc(C)c(=O)[nH]c2=O)O1. The molecule has 0 saturated carbocycles. The van der Waals surface area contributed by atoms with Crippen molar-refractivity contribution in [2.24, 2.45) is 0 Å². The van der Waals surface area contributed by atoms with Crippen molar-refractivity contribution in [2.45, 2.75) is 30.4 Å². The number of aromatic nitrogens is 4. The van der Waals surface area contributed by atoms with Gasteiger partial charge >= 0.3 is 17.5 Å². The Kier molecular flexibility index (Phi) is 7.02. The molecule has 2 aliphatic heterocycles. The van der Waals surface area contributed by atoms with Gasteiger partial charge in [-0.15, -0.1) is 18.2 Å². The fourth-order valence-electron chi connectivity index (χ4n) is 3.35. The highest BCUT2D eigenvalue weighted by Crippen LogP contribution is 2.32. The molecule has 2 aliphatic rings. The number of terminal acetylenes is 1. The largest absolute Gasteiger partial charge is 0.508 e. The first kappa shape index (κ1) is 25.2. The zero-order valence-electron chi connectivity index (χ0n) is 18.7. The average molecular weight is 521 g/mol. The maximum Gasteiger partial charge on any atom is 0.508 e. The van der Waals surface area contributed by atoms with E-state index >= 15 is 0 Å². The van der Waals surface area contributed by atoms with Crippen molar-refractivity contribution < 1.29 is 28.1 Å². The molecule has 0 unspecified atom stereocenters. The molecule has 0 spiro atoms. The van der Waals surface area contributed by atoms with E-state index in [1.165, 1.54) is 37.0 Å². The maximum atomic E-state index is 13.7. The maximum absolute atomic E-state index is 13.7. The number of hydrogen-bond donors (Lipinski definition) is 2. The summed E-state index contributed by atoms with van der Waals surface area (Å²) in [7, 11) is 0. The summed E-state index contributed by atoms with van der Waals surface area (Å²) in [5, 5.41) is 0. The highest BCUT2D eigenvalue weighted by Gasteiger charge is 2.37. The molecule has 36 heavy (non-hydrogen) atoms. The summed E-state index contributed by atoms with van der Waals surface area (Å²) in [6, 6.07) is 0. The number of ether oxygens (including phenoxy) is 4. The Labute approximate surface area is 206 Å². The van der Waals surface area contributed by atoms with E-state index in [0.717, 1.165) is 15.3 Å². The molecular weight excluding hydrogens is 501 g/mol. The quantitative estimate of drug-likeness (QED) is 0.298. The number of halogens is 1. The van der Waals surface area contributed by atoms with Crippen LogP contribution in [0.2, 0.25) is 0 Å². The van der Waals surface area contributed by atoms with Crippen LogP contribution < -0.4 is 22.7 Å². The van der Waals surface area contributed by atoms with Crippen molar-refractivity contribution in [3.05, 3.63) is 67.2 Å². The van der Waals surface area contributed by atoms with Crippen LogP contribution in [-0.2, 0) is 18.9 Å². The van der Waals surface area contributed by atoms with Gasteiger partial charge in [0.15, 0.2) is 23.5 Å². The lowest BCUT2D eigenvalue weighted by atomic mass is 10.1. The molecule has 4 heterocycles.